The maximum Gasteiger partial charge on any atom is 0.279 e. The van der Waals surface area contributed by atoms with Crippen LogP contribution in [0.5, 0.6) is 5.75 Å². The van der Waals surface area contributed by atoms with E-state index in [0.29, 0.717) is 22.7 Å². The number of carbonyl (C=O) groups excluding carboxylic acids is 1. The molecule has 0 spiro atoms. The van der Waals surface area contributed by atoms with E-state index in [1.807, 2.05) is 64.3 Å². The molecule has 0 saturated carbocycles. The Labute approximate surface area is 153 Å². The second-order valence-corrected chi connectivity index (χ2v) is 6.60. The van der Waals surface area contributed by atoms with Gasteiger partial charge < -0.3 is 13.7 Å². The van der Waals surface area contributed by atoms with Crippen molar-refractivity contribution in [2.75, 3.05) is 0 Å². The molecule has 6 nitrogen and oxygen atoms in total. The Morgan fingerprint density at radius 2 is 2.15 bits per heavy atom. The fraction of sp³-hybridized carbons (Fsp3) is 0.105. The zero-order chi connectivity index (χ0) is 17.9. The highest BCUT2D eigenvalue weighted by Gasteiger charge is 2.07. The van der Waals surface area contributed by atoms with Gasteiger partial charge in [-0.25, -0.2) is 4.98 Å². The zero-order valence-electron chi connectivity index (χ0n) is 14.1. The van der Waals surface area contributed by atoms with E-state index in [1.54, 1.807) is 18.2 Å². The lowest BCUT2D eigenvalue weighted by Gasteiger charge is -2.05. The van der Waals surface area contributed by atoms with Gasteiger partial charge in [-0.05, 0) is 30.3 Å². The molecule has 4 rings (SSSR count). The number of hydrogen-bond acceptors (Lipinski definition) is 4. The molecule has 130 valence electrons. The second kappa shape index (κ2) is 6.97. The average molecular weight is 364 g/mol. The SMILES string of the molecule is Cn1ccsc1=NC(=O)c1cccc(OCc2cn3ccccc3n2)c1. The predicted molar refractivity (Wildman–Crippen MR) is 99.1 cm³/mol. The van der Waals surface area contributed by atoms with E-state index < -0.39 is 0 Å². The lowest BCUT2D eigenvalue weighted by molar-refractivity contribution is 0.0997. The first-order valence-corrected chi connectivity index (χ1v) is 8.92. The normalized spacial score (nSPS) is 11.8. The van der Waals surface area contributed by atoms with Crippen molar-refractivity contribution in [1.82, 2.24) is 14.0 Å². The van der Waals surface area contributed by atoms with E-state index in [4.69, 9.17) is 4.74 Å². The van der Waals surface area contributed by atoms with Gasteiger partial charge in [0.2, 0.25) is 0 Å². The lowest BCUT2D eigenvalue weighted by Crippen LogP contribution is -2.12. The van der Waals surface area contributed by atoms with Crippen LogP contribution in [-0.4, -0.2) is 19.9 Å². The summed E-state index contributed by atoms with van der Waals surface area (Å²) in [6.07, 6.45) is 5.73. The van der Waals surface area contributed by atoms with Gasteiger partial charge in [0, 0.05) is 36.6 Å². The number of aryl methyl sites for hydroxylation is 1. The van der Waals surface area contributed by atoms with Gasteiger partial charge in [0.15, 0.2) is 4.80 Å². The fourth-order valence-corrected chi connectivity index (χ4v) is 3.25. The van der Waals surface area contributed by atoms with Crippen molar-refractivity contribution in [3.63, 3.8) is 0 Å². The minimum atomic E-state index is -0.291. The van der Waals surface area contributed by atoms with Crippen molar-refractivity contribution >= 4 is 22.9 Å². The third kappa shape index (κ3) is 3.43. The van der Waals surface area contributed by atoms with Crippen molar-refractivity contribution in [1.29, 1.82) is 0 Å². The first kappa shape index (κ1) is 16.3. The van der Waals surface area contributed by atoms with Crippen LogP contribution in [0.15, 0.2) is 71.4 Å². The van der Waals surface area contributed by atoms with Crippen LogP contribution in [0.3, 0.4) is 0 Å². The molecule has 0 aliphatic carbocycles. The molecule has 4 aromatic rings. The smallest absolute Gasteiger partial charge is 0.279 e. The molecule has 0 radical (unpaired) electrons. The summed E-state index contributed by atoms with van der Waals surface area (Å²) in [5.74, 6) is 0.319. The molecule has 0 aliphatic heterocycles. The van der Waals surface area contributed by atoms with Gasteiger partial charge in [0.05, 0.1) is 5.69 Å². The van der Waals surface area contributed by atoms with Crippen molar-refractivity contribution in [2.45, 2.75) is 6.61 Å². The number of aromatic nitrogens is 3. The van der Waals surface area contributed by atoms with Crippen LogP contribution in [0.1, 0.15) is 16.1 Å². The van der Waals surface area contributed by atoms with E-state index in [-0.39, 0.29) is 5.91 Å². The van der Waals surface area contributed by atoms with E-state index in [9.17, 15) is 4.79 Å². The number of hydrogen-bond donors (Lipinski definition) is 0. The van der Waals surface area contributed by atoms with Crippen LogP contribution in [0, 0.1) is 0 Å². The first-order valence-electron chi connectivity index (χ1n) is 8.04. The Hall–Kier alpha value is -3.19. The number of amides is 1. The van der Waals surface area contributed by atoms with E-state index in [0.717, 1.165) is 11.3 Å². The summed E-state index contributed by atoms with van der Waals surface area (Å²) in [4.78, 5) is 21.7. The van der Waals surface area contributed by atoms with Gasteiger partial charge in [-0.3, -0.25) is 4.79 Å². The van der Waals surface area contributed by atoms with Crippen LogP contribution >= 0.6 is 11.3 Å². The van der Waals surface area contributed by atoms with Gasteiger partial charge >= 0.3 is 0 Å². The van der Waals surface area contributed by atoms with E-state index in [2.05, 4.69) is 9.98 Å². The molecular weight excluding hydrogens is 348 g/mol. The maximum absolute atomic E-state index is 12.4. The van der Waals surface area contributed by atoms with Gasteiger partial charge in [0.1, 0.15) is 18.0 Å². The lowest BCUT2D eigenvalue weighted by atomic mass is 10.2. The zero-order valence-corrected chi connectivity index (χ0v) is 14.9. The Bertz CT molecular complexity index is 1110. The van der Waals surface area contributed by atoms with Crippen molar-refractivity contribution in [3.8, 4) is 5.75 Å². The molecule has 0 saturated heterocycles. The van der Waals surface area contributed by atoms with E-state index in [1.165, 1.54) is 11.3 Å². The monoisotopic (exact) mass is 364 g/mol. The molecule has 0 fully saturated rings. The topological polar surface area (TPSA) is 60.9 Å². The third-order valence-electron chi connectivity index (χ3n) is 3.84. The highest BCUT2D eigenvalue weighted by atomic mass is 32.1. The summed E-state index contributed by atoms with van der Waals surface area (Å²) in [5, 5.41) is 1.89. The molecule has 3 aromatic heterocycles. The minimum absolute atomic E-state index is 0.291. The van der Waals surface area contributed by atoms with Crippen molar-refractivity contribution in [3.05, 3.63) is 82.5 Å². The summed E-state index contributed by atoms with van der Waals surface area (Å²) < 4.78 is 9.55. The molecule has 7 heteroatoms. The molecule has 26 heavy (non-hydrogen) atoms. The van der Waals surface area contributed by atoms with Gasteiger partial charge in [0.25, 0.3) is 5.91 Å². The van der Waals surface area contributed by atoms with Crippen LogP contribution < -0.4 is 9.54 Å². The summed E-state index contributed by atoms with van der Waals surface area (Å²) in [7, 11) is 1.86. The standard InChI is InChI=1S/C19H16N4O2S/c1-22-9-10-26-19(22)21-18(24)14-5-4-6-16(11-14)25-13-15-12-23-8-3-2-7-17(23)20-15/h2-12H,13H2,1H3. The quantitative estimate of drug-likeness (QED) is 0.559. The number of ether oxygens (including phenoxy) is 1. The van der Waals surface area contributed by atoms with Crippen molar-refractivity contribution in [2.24, 2.45) is 12.0 Å². The Morgan fingerprint density at radius 3 is 2.96 bits per heavy atom. The number of thiazole rings is 1. The molecule has 0 atom stereocenters. The summed E-state index contributed by atoms with van der Waals surface area (Å²) in [5.41, 5.74) is 2.19. The molecule has 3 heterocycles. The number of rotatable bonds is 4. The van der Waals surface area contributed by atoms with Crippen molar-refractivity contribution < 1.29 is 9.53 Å². The van der Waals surface area contributed by atoms with E-state index >= 15 is 0 Å². The third-order valence-corrected chi connectivity index (χ3v) is 4.69. The van der Waals surface area contributed by atoms with Gasteiger partial charge in [-0.2, -0.15) is 4.99 Å². The number of pyridine rings is 1. The van der Waals surface area contributed by atoms with Crippen LogP contribution in [-0.2, 0) is 13.7 Å². The molecule has 1 amide bonds. The number of carbonyl (C=O) groups is 1. The predicted octanol–water partition coefficient (Wildman–Crippen LogP) is 3.05. The van der Waals surface area contributed by atoms with Gasteiger partial charge in [-0.15, -0.1) is 11.3 Å². The Kier molecular flexibility index (Phi) is 4.37. The van der Waals surface area contributed by atoms with Gasteiger partial charge in [-0.1, -0.05) is 12.1 Å². The van der Waals surface area contributed by atoms with Crippen LogP contribution in [0.25, 0.3) is 5.65 Å². The number of fused-ring (bicyclic) bond motifs is 1. The van der Waals surface area contributed by atoms with Crippen LogP contribution in [0.2, 0.25) is 0 Å². The first-order chi connectivity index (χ1) is 12.7. The highest BCUT2D eigenvalue weighted by Crippen LogP contribution is 2.16. The molecule has 0 N–H and O–H groups in total. The number of nitrogens with zero attached hydrogens (tertiary/aromatic N) is 4. The maximum atomic E-state index is 12.4. The Balaban J connectivity index is 1.50. The molecule has 1 aromatic carbocycles. The average Bonchev–Trinajstić information content (AvgIpc) is 3.26. The molecule has 0 aliphatic rings. The largest absolute Gasteiger partial charge is 0.487 e. The fourth-order valence-electron chi connectivity index (χ4n) is 2.52. The second-order valence-electron chi connectivity index (χ2n) is 5.73. The highest BCUT2D eigenvalue weighted by molar-refractivity contribution is 7.07. The summed E-state index contributed by atoms with van der Waals surface area (Å²) in [6.45, 7) is 0.330. The molecule has 0 unspecified atom stereocenters. The molecule has 0 bridgehead atoms. The molecular formula is C19H16N4O2S. The minimum Gasteiger partial charge on any atom is -0.487 e. The Morgan fingerprint density at radius 1 is 1.23 bits per heavy atom. The number of benzene rings is 1. The number of imidazole rings is 1. The summed E-state index contributed by atoms with van der Waals surface area (Å²) in [6, 6.07) is 12.9. The summed E-state index contributed by atoms with van der Waals surface area (Å²) >= 11 is 1.42. The van der Waals surface area contributed by atoms with Crippen LogP contribution in [0.4, 0.5) is 0 Å².